The highest BCUT2D eigenvalue weighted by atomic mass is 35.5. The summed E-state index contributed by atoms with van der Waals surface area (Å²) in [4.78, 5) is 0. The lowest BCUT2D eigenvalue weighted by atomic mass is 10.1. The summed E-state index contributed by atoms with van der Waals surface area (Å²) in [6.45, 7) is 2.50. The number of hydrogen-bond donors (Lipinski definition) is 1. The first-order valence-electron chi connectivity index (χ1n) is 5.25. The molecule has 1 fully saturated rings. The van der Waals surface area contributed by atoms with Crippen LogP contribution in [0.1, 0.15) is 11.6 Å². The van der Waals surface area contributed by atoms with E-state index >= 15 is 0 Å². The SMILES string of the molecule is Cl.Clc1cc2c(cc1[C@@H]1COCCN1)OCO2. The molecule has 1 saturated heterocycles. The molecule has 0 radical (unpaired) electrons. The second-order valence-corrected chi connectivity index (χ2v) is 4.22. The molecule has 0 unspecified atom stereocenters. The topological polar surface area (TPSA) is 39.7 Å². The highest BCUT2D eigenvalue weighted by Crippen LogP contribution is 2.39. The molecule has 3 rings (SSSR count). The van der Waals surface area contributed by atoms with Crippen LogP contribution in [0.4, 0.5) is 0 Å². The number of halogens is 2. The van der Waals surface area contributed by atoms with Gasteiger partial charge in [-0.2, -0.15) is 0 Å². The van der Waals surface area contributed by atoms with E-state index in [0.717, 1.165) is 24.5 Å². The number of fused-ring (bicyclic) bond motifs is 1. The average molecular weight is 278 g/mol. The van der Waals surface area contributed by atoms with E-state index in [1.54, 1.807) is 6.07 Å². The van der Waals surface area contributed by atoms with Crippen molar-refractivity contribution >= 4 is 24.0 Å². The molecule has 2 aliphatic heterocycles. The largest absolute Gasteiger partial charge is 0.454 e. The van der Waals surface area contributed by atoms with Gasteiger partial charge in [0.2, 0.25) is 6.79 Å². The lowest BCUT2D eigenvalue weighted by Crippen LogP contribution is -2.34. The van der Waals surface area contributed by atoms with Crippen molar-refractivity contribution in [1.29, 1.82) is 0 Å². The van der Waals surface area contributed by atoms with E-state index < -0.39 is 0 Å². The van der Waals surface area contributed by atoms with Gasteiger partial charge in [0.15, 0.2) is 11.5 Å². The van der Waals surface area contributed by atoms with Crippen molar-refractivity contribution in [3.63, 3.8) is 0 Å². The summed E-state index contributed by atoms with van der Waals surface area (Å²) in [5.74, 6) is 1.47. The smallest absolute Gasteiger partial charge is 0.231 e. The van der Waals surface area contributed by atoms with E-state index in [9.17, 15) is 0 Å². The monoisotopic (exact) mass is 277 g/mol. The number of benzene rings is 1. The molecule has 0 spiro atoms. The lowest BCUT2D eigenvalue weighted by molar-refractivity contribution is 0.0768. The van der Waals surface area contributed by atoms with Gasteiger partial charge in [0.25, 0.3) is 0 Å². The first kappa shape index (κ1) is 12.8. The first-order chi connectivity index (χ1) is 7.84. The van der Waals surface area contributed by atoms with E-state index in [1.165, 1.54) is 0 Å². The molecule has 6 heteroatoms. The summed E-state index contributed by atoms with van der Waals surface area (Å²) in [7, 11) is 0. The fraction of sp³-hybridized carbons (Fsp3) is 0.455. The Hall–Kier alpha value is -0.680. The van der Waals surface area contributed by atoms with Crippen molar-refractivity contribution in [2.75, 3.05) is 26.6 Å². The molecule has 1 atom stereocenters. The van der Waals surface area contributed by atoms with E-state index in [1.807, 2.05) is 6.07 Å². The predicted octanol–water partition coefficient (Wildman–Crippen LogP) is 2.15. The zero-order chi connectivity index (χ0) is 11.0. The number of hydrogen-bond acceptors (Lipinski definition) is 4. The van der Waals surface area contributed by atoms with Crippen LogP contribution in [0.2, 0.25) is 5.02 Å². The van der Waals surface area contributed by atoms with Gasteiger partial charge >= 0.3 is 0 Å². The molecule has 17 heavy (non-hydrogen) atoms. The van der Waals surface area contributed by atoms with Crippen LogP contribution in [-0.4, -0.2) is 26.6 Å². The molecule has 1 aromatic rings. The minimum Gasteiger partial charge on any atom is -0.454 e. The quantitative estimate of drug-likeness (QED) is 0.854. The zero-order valence-electron chi connectivity index (χ0n) is 9.07. The fourth-order valence-corrected chi connectivity index (χ4v) is 2.25. The Bertz CT molecular complexity index is 408. The van der Waals surface area contributed by atoms with Gasteiger partial charge in [-0.3, -0.25) is 0 Å². The third-order valence-electron chi connectivity index (χ3n) is 2.79. The molecule has 94 valence electrons. The highest BCUT2D eigenvalue weighted by Gasteiger charge is 2.22. The maximum atomic E-state index is 6.21. The van der Waals surface area contributed by atoms with Crippen LogP contribution in [0, 0.1) is 0 Å². The Morgan fingerprint density at radius 3 is 2.71 bits per heavy atom. The molecular weight excluding hydrogens is 265 g/mol. The fourth-order valence-electron chi connectivity index (χ4n) is 1.97. The molecule has 0 aromatic heterocycles. The first-order valence-corrected chi connectivity index (χ1v) is 5.62. The van der Waals surface area contributed by atoms with Gasteiger partial charge in [-0.1, -0.05) is 11.6 Å². The molecule has 4 nitrogen and oxygen atoms in total. The maximum Gasteiger partial charge on any atom is 0.231 e. The van der Waals surface area contributed by atoms with Crippen LogP contribution in [0.15, 0.2) is 12.1 Å². The van der Waals surface area contributed by atoms with Gasteiger partial charge < -0.3 is 19.5 Å². The van der Waals surface area contributed by atoms with Crippen LogP contribution in [0.5, 0.6) is 11.5 Å². The minimum atomic E-state index is 0. The van der Waals surface area contributed by atoms with Crippen LogP contribution >= 0.6 is 24.0 Å². The summed E-state index contributed by atoms with van der Waals surface area (Å²) in [5, 5.41) is 4.05. The number of rotatable bonds is 1. The Morgan fingerprint density at radius 1 is 1.24 bits per heavy atom. The Kier molecular flexibility index (Phi) is 3.99. The molecule has 1 N–H and O–H groups in total. The molecular formula is C11H13Cl2NO3. The number of morpholine rings is 1. The predicted molar refractivity (Wildman–Crippen MR) is 66.4 cm³/mol. The van der Waals surface area contributed by atoms with Crippen LogP contribution in [0.25, 0.3) is 0 Å². The lowest BCUT2D eigenvalue weighted by Gasteiger charge is -2.25. The van der Waals surface area contributed by atoms with Gasteiger partial charge in [0.05, 0.1) is 19.3 Å². The molecule has 0 saturated carbocycles. The van der Waals surface area contributed by atoms with Gasteiger partial charge in [-0.05, 0) is 11.6 Å². The van der Waals surface area contributed by atoms with E-state index in [0.29, 0.717) is 17.4 Å². The van der Waals surface area contributed by atoms with Gasteiger partial charge in [0, 0.05) is 17.6 Å². The molecule has 0 bridgehead atoms. The third kappa shape index (κ3) is 2.45. The molecule has 1 aromatic carbocycles. The molecule has 0 amide bonds. The van der Waals surface area contributed by atoms with E-state index in [4.69, 9.17) is 25.8 Å². The molecule has 2 aliphatic rings. The van der Waals surface area contributed by atoms with Crippen molar-refractivity contribution < 1.29 is 14.2 Å². The second-order valence-electron chi connectivity index (χ2n) is 3.81. The van der Waals surface area contributed by atoms with Crippen molar-refractivity contribution in [1.82, 2.24) is 5.32 Å². The van der Waals surface area contributed by atoms with Crippen LogP contribution < -0.4 is 14.8 Å². The summed E-state index contributed by atoms with van der Waals surface area (Å²) in [6, 6.07) is 3.86. The highest BCUT2D eigenvalue weighted by molar-refractivity contribution is 6.31. The standard InChI is InChI=1S/C11H12ClNO3.ClH/c12-8-4-11-10(15-6-16-11)3-7(8)9-5-14-2-1-13-9;/h3-4,9,13H,1-2,5-6H2;1H/t9-;/m0./s1. The Labute approximate surface area is 111 Å². The minimum absolute atomic E-state index is 0. The summed E-state index contributed by atoms with van der Waals surface area (Å²) >= 11 is 6.21. The number of nitrogens with one attached hydrogen (secondary N) is 1. The van der Waals surface area contributed by atoms with Crippen LogP contribution in [-0.2, 0) is 4.74 Å². The van der Waals surface area contributed by atoms with Crippen molar-refractivity contribution in [3.8, 4) is 11.5 Å². The van der Waals surface area contributed by atoms with E-state index in [-0.39, 0.29) is 25.2 Å². The zero-order valence-corrected chi connectivity index (χ0v) is 10.6. The molecule has 0 aliphatic carbocycles. The molecule has 2 heterocycles. The van der Waals surface area contributed by atoms with Gasteiger partial charge in [-0.25, -0.2) is 0 Å². The van der Waals surface area contributed by atoms with E-state index in [2.05, 4.69) is 5.32 Å². The van der Waals surface area contributed by atoms with Crippen LogP contribution in [0.3, 0.4) is 0 Å². The normalized spacial score (nSPS) is 22.1. The second kappa shape index (κ2) is 5.31. The average Bonchev–Trinajstić information content (AvgIpc) is 2.76. The number of ether oxygens (including phenoxy) is 3. The van der Waals surface area contributed by atoms with Crippen molar-refractivity contribution in [2.45, 2.75) is 6.04 Å². The van der Waals surface area contributed by atoms with Crippen molar-refractivity contribution in [2.24, 2.45) is 0 Å². The maximum absolute atomic E-state index is 6.21. The van der Waals surface area contributed by atoms with Gasteiger partial charge in [0.1, 0.15) is 0 Å². The van der Waals surface area contributed by atoms with Gasteiger partial charge in [-0.15, -0.1) is 12.4 Å². The Morgan fingerprint density at radius 2 is 2.00 bits per heavy atom. The Balaban J connectivity index is 0.00000108. The summed E-state index contributed by atoms with van der Waals surface area (Å²) in [5.41, 5.74) is 1.01. The summed E-state index contributed by atoms with van der Waals surface area (Å²) < 4.78 is 16.0. The summed E-state index contributed by atoms with van der Waals surface area (Å²) in [6.07, 6.45) is 0. The third-order valence-corrected chi connectivity index (χ3v) is 3.12. The van der Waals surface area contributed by atoms with Crippen molar-refractivity contribution in [3.05, 3.63) is 22.7 Å².